The summed E-state index contributed by atoms with van der Waals surface area (Å²) in [6.07, 6.45) is 10.9. The van der Waals surface area contributed by atoms with Crippen molar-refractivity contribution in [2.45, 2.75) is 45.4 Å². The maximum Gasteiger partial charge on any atom is 0.151 e. The average molecular weight is 258 g/mol. The number of aldehydes is 1. The third-order valence-electron chi connectivity index (χ3n) is 5.00. The zero-order valence-corrected chi connectivity index (χ0v) is 11.7. The monoisotopic (exact) mass is 258 g/mol. The van der Waals surface area contributed by atoms with Gasteiger partial charge in [-0.15, -0.1) is 0 Å². The molecule has 2 heterocycles. The van der Waals surface area contributed by atoms with Gasteiger partial charge in [0.25, 0.3) is 0 Å². The smallest absolute Gasteiger partial charge is 0.151 e. The van der Waals surface area contributed by atoms with Crippen LogP contribution in [-0.4, -0.2) is 24.4 Å². The van der Waals surface area contributed by atoms with Crippen molar-refractivity contribution in [3.8, 4) is 0 Å². The van der Waals surface area contributed by atoms with Gasteiger partial charge in [-0.1, -0.05) is 12.8 Å². The van der Waals surface area contributed by atoms with E-state index in [1.165, 1.54) is 38.5 Å². The Hall–Kier alpha value is -1.38. The van der Waals surface area contributed by atoms with Crippen LogP contribution < -0.4 is 4.90 Å². The van der Waals surface area contributed by atoms with E-state index in [1.807, 2.05) is 6.07 Å². The highest BCUT2D eigenvalue weighted by molar-refractivity contribution is 5.75. The van der Waals surface area contributed by atoms with Gasteiger partial charge in [0.15, 0.2) is 6.29 Å². The summed E-state index contributed by atoms with van der Waals surface area (Å²) in [4.78, 5) is 17.6. The summed E-state index contributed by atoms with van der Waals surface area (Å²) >= 11 is 0. The standard InChI is InChI=1S/C16H22N2O/c1-13-10-14(12-19)11-17-15(13)18-8-6-16(7-9-18)4-2-3-5-16/h10-12H,2-9H2,1H3. The Kier molecular flexibility index (Phi) is 3.29. The minimum atomic E-state index is 0.646. The molecule has 3 rings (SSSR count). The lowest BCUT2D eigenvalue weighted by Gasteiger charge is -2.40. The summed E-state index contributed by atoms with van der Waals surface area (Å²) < 4.78 is 0. The molecule has 2 aliphatic rings. The first-order chi connectivity index (χ1) is 9.22. The molecule has 1 spiro atoms. The van der Waals surface area contributed by atoms with E-state index >= 15 is 0 Å². The molecule has 0 N–H and O–H groups in total. The third kappa shape index (κ3) is 2.38. The van der Waals surface area contributed by atoms with E-state index in [-0.39, 0.29) is 0 Å². The molecule has 0 bridgehead atoms. The molecule has 3 nitrogen and oxygen atoms in total. The van der Waals surface area contributed by atoms with Crippen LogP contribution in [0.4, 0.5) is 5.82 Å². The number of piperidine rings is 1. The highest BCUT2D eigenvalue weighted by Crippen LogP contribution is 2.46. The third-order valence-corrected chi connectivity index (χ3v) is 5.00. The van der Waals surface area contributed by atoms with Crippen LogP contribution in [-0.2, 0) is 0 Å². The predicted octanol–water partition coefficient (Wildman–Crippen LogP) is 3.36. The molecule has 2 fully saturated rings. The van der Waals surface area contributed by atoms with Crippen molar-refractivity contribution >= 4 is 12.1 Å². The van der Waals surface area contributed by atoms with Crippen molar-refractivity contribution < 1.29 is 4.79 Å². The number of hydrogen-bond acceptors (Lipinski definition) is 3. The van der Waals surface area contributed by atoms with Crippen LogP contribution in [0.1, 0.15) is 54.4 Å². The van der Waals surface area contributed by atoms with E-state index in [0.717, 1.165) is 30.8 Å². The average Bonchev–Trinajstić information content (AvgIpc) is 2.88. The molecule has 1 aliphatic carbocycles. The van der Waals surface area contributed by atoms with Crippen LogP contribution in [0.3, 0.4) is 0 Å². The summed E-state index contributed by atoms with van der Waals surface area (Å²) in [6, 6.07) is 1.94. The lowest BCUT2D eigenvalue weighted by atomic mass is 9.77. The van der Waals surface area contributed by atoms with Crippen molar-refractivity contribution in [3.63, 3.8) is 0 Å². The highest BCUT2D eigenvalue weighted by atomic mass is 16.1. The fraction of sp³-hybridized carbons (Fsp3) is 0.625. The maximum absolute atomic E-state index is 10.8. The Morgan fingerprint density at radius 3 is 2.47 bits per heavy atom. The fourth-order valence-corrected chi connectivity index (χ4v) is 3.80. The summed E-state index contributed by atoms with van der Waals surface area (Å²) in [5, 5.41) is 0. The Balaban J connectivity index is 1.72. The zero-order valence-electron chi connectivity index (χ0n) is 11.7. The number of aryl methyl sites for hydroxylation is 1. The number of nitrogens with zero attached hydrogens (tertiary/aromatic N) is 2. The molecule has 0 aromatic carbocycles. The maximum atomic E-state index is 10.8. The zero-order chi connectivity index (χ0) is 13.3. The van der Waals surface area contributed by atoms with Crippen LogP contribution in [0.25, 0.3) is 0 Å². The quantitative estimate of drug-likeness (QED) is 0.763. The first-order valence-corrected chi connectivity index (χ1v) is 7.39. The van der Waals surface area contributed by atoms with Gasteiger partial charge in [0, 0.05) is 24.8 Å². The second-order valence-corrected chi connectivity index (χ2v) is 6.22. The van der Waals surface area contributed by atoms with Crippen LogP contribution in [0.2, 0.25) is 0 Å². The van der Waals surface area contributed by atoms with E-state index in [0.29, 0.717) is 11.0 Å². The van der Waals surface area contributed by atoms with Gasteiger partial charge < -0.3 is 4.90 Å². The number of rotatable bonds is 2. The van der Waals surface area contributed by atoms with Crippen molar-refractivity contribution in [1.29, 1.82) is 0 Å². The van der Waals surface area contributed by atoms with Gasteiger partial charge in [0.2, 0.25) is 0 Å². The van der Waals surface area contributed by atoms with Gasteiger partial charge in [-0.2, -0.15) is 0 Å². The second-order valence-electron chi connectivity index (χ2n) is 6.22. The first kappa shape index (κ1) is 12.6. The molecule has 0 atom stereocenters. The largest absolute Gasteiger partial charge is 0.356 e. The summed E-state index contributed by atoms with van der Waals surface area (Å²) in [5.74, 6) is 1.07. The number of anilines is 1. The number of aromatic nitrogens is 1. The van der Waals surface area contributed by atoms with Gasteiger partial charge in [0.05, 0.1) is 0 Å². The van der Waals surface area contributed by atoms with Crippen LogP contribution in [0.5, 0.6) is 0 Å². The van der Waals surface area contributed by atoms with Crippen molar-refractivity contribution in [3.05, 3.63) is 23.4 Å². The van der Waals surface area contributed by atoms with Gasteiger partial charge in [-0.05, 0) is 49.7 Å². The second kappa shape index (κ2) is 4.95. The fourth-order valence-electron chi connectivity index (χ4n) is 3.80. The molecule has 1 aromatic rings. The summed E-state index contributed by atoms with van der Waals surface area (Å²) in [7, 11) is 0. The van der Waals surface area contributed by atoms with Gasteiger partial charge in [0.1, 0.15) is 5.82 Å². The molecular formula is C16H22N2O. The molecule has 1 aromatic heterocycles. The molecule has 0 amide bonds. The Bertz CT molecular complexity index is 468. The van der Waals surface area contributed by atoms with Crippen molar-refractivity contribution in [2.24, 2.45) is 5.41 Å². The Morgan fingerprint density at radius 1 is 1.21 bits per heavy atom. The number of hydrogen-bond donors (Lipinski definition) is 0. The molecule has 1 saturated heterocycles. The molecular weight excluding hydrogens is 236 g/mol. The van der Waals surface area contributed by atoms with E-state index in [1.54, 1.807) is 6.20 Å². The van der Waals surface area contributed by atoms with Crippen molar-refractivity contribution in [1.82, 2.24) is 4.98 Å². The number of carbonyl (C=O) groups is 1. The van der Waals surface area contributed by atoms with Gasteiger partial charge in [-0.3, -0.25) is 4.79 Å². The topological polar surface area (TPSA) is 33.2 Å². The lowest BCUT2D eigenvalue weighted by Crippen LogP contribution is -2.39. The number of carbonyl (C=O) groups excluding carboxylic acids is 1. The van der Waals surface area contributed by atoms with Crippen LogP contribution in [0.15, 0.2) is 12.3 Å². The molecule has 3 heteroatoms. The molecule has 19 heavy (non-hydrogen) atoms. The number of pyridine rings is 1. The van der Waals surface area contributed by atoms with Gasteiger partial charge in [-0.25, -0.2) is 4.98 Å². The molecule has 0 radical (unpaired) electrons. The molecule has 102 valence electrons. The van der Waals surface area contributed by atoms with Crippen LogP contribution >= 0.6 is 0 Å². The van der Waals surface area contributed by atoms with E-state index in [9.17, 15) is 4.79 Å². The SMILES string of the molecule is Cc1cc(C=O)cnc1N1CCC2(CCCC2)CC1. The summed E-state index contributed by atoms with van der Waals surface area (Å²) in [5.41, 5.74) is 2.44. The predicted molar refractivity (Wildman–Crippen MR) is 76.7 cm³/mol. The summed E-state index contributed by atoms with van der Waals surface area (Å²) in [6.45, 7) is 4.29. The van der Waals surface area contributed by atoms with Crippen LogP contribution in [0, 0.1) is 12.3 Å². The van der Waals surface area contributed by atoms with Gasteiger partial charge >= 0.3 is 0 Å². The molecule has 1 saturated carbocycles. The Labute approximate surface area is 115 Å². The Morgan fingerprint density at radius 2 is 1.89 bits per heavy atom. The minimum Gasteiger partial charge on any atom is -0.356 e. The minimum absolute atomic E-state index is 0.646. The normalized spacial score (nSPS) is 21.8. The van der Waals surface area contributed by atoms with E-state index < -0.39 is 0 Å². The lowest BCUT2D eigenvalue weighted by molar-refractivity contribution is 0.112. The molecule has 0 unspecified atom stereocenters. The molecule has 1 aliphatic heterocycles. The van der Waals surface area contributed by atoms with E-state index in [2.05, 4.69) is 16.8 Å². The highest BCUT2D eigenvalue weighted by Gasteiger charge is 2.37. The van der Waals surface area contributed by atoms with E-state index in [4.69, 9.17) is 0 Å². The first-order valence-electron chi connectivity index (χ1n) is 7.39. The van der Waals surface area contributed by atoms with Crippen molar-refractivity contribution in [2.75, 3.05) is 18.0 Å².